The van der Waals surface area contributed by atoms with Crippen LogP contribution in [0.5, 0.6) is 0 Å². The van der Waals surface area contributed by atoms with E-state index in [1.54, 1.807) is 6.92 Å². The van der Waals surface area contributed by atoms with Crippen LogP contribution in [-0.4, -0.2) is 25.9 Å². The van der Waals surface area contributed by atoms with Gasteiger partial charge >= 0.3 is 0 Å². The molecule has 0 unspecified atom stereocenters. The number of aromatic nitrogens is 4. The van der Waals surface area contributed by atoms with Crippen molar-refractivity contribution in [3.8, 4) is 17.1 Å². The van der Waals surface area contributed by atoms with Gasteiger partial charge in [-0.15, -0.1) is 16.4 Å². The molecule has 0 spiro atoms. The van der Waals surface area contributed by atoms with Crippen LogP contribution in [0.2, 0.25) is 0 Å². The van der Waals surface area contributed by atoms with E-state index in [-0.39, 0.29) is 11.6 Å². The van der Waals surface area contributed by atoms with E-state index in [9.17, 15) is 4.79 Å². The number of hydrogen-bond donors (Lipinski definition) is 1. The Morgan fingerprint density at radius 3 is 2.65 bits per heavy atom. The Labute approximate surface area is 153 Å². The molecule has 8 heteroatoms. The first-order valence-electron chi connectivity index (χ1n) is 7.93. The smallest absolute Gasteiger partial charge is 0.279 e. The predicted octanol–water partition coefficient (Wildman–Crippen LogP) is 3.85. The third kappa shape index (κ3) is 3.14. The van der Waals surface area contributed by atoms with Crippen molar-refractivity contribution in [2.75, 3.05) is 5.32 Å². The van der Waals surface area contributed by atoms with Crippen LogP contribution in [0.1, 0.15) is 21.9 Å². The van der Waals surface area contributed by atoms with Crippen LogP contribution in [0.25, 0.3) is 17.1 Å². The van der Waals surface area contributed by atoms with Gasteiger partial charge in [-0.1, -0.05) is 18.2 Å². The number of thiazole rings is 1. The highest BCUT2D eigenvalue weighted by Crippen LogP contribution is 2.26. The Balaban J connectivity index is 1.54. The van der Waals surface area contributed by atoms with Gasteiger partial charge in [0.2, 0.25) is 0 Å². The lowest BCUT2D eigenvalue weighted by Gasteiger charge is -1.99. The minimum Gasteiger partial charge on any atom is -0.460 e. The minimum absolute atomic E-state index is 0.263. The van der Waals surface area contributed by atoms with Crippen LogP contribution in [0.15, 0.2) is 52.3 Å². The largest absolute Gasteiger partial charge is 0.460 e. The van der Waals surface area contributed by atoms with Crippen LogP contribution in [0, 0.1) is 13.8 Å². The third-order valence-corrected chi connectivity index (χ3v) is 4.46. The number of hydrogen-bond acceptors (Lipinski definition) is 6. The fourth-order valence-electron chi connectivity index (χ4n) is 2.44. The molecule has 130 valence electrons. The number of nitrogens with one attached hydrogen (secondary N) is 1. The molecule has 0 radical (unpaired) electrons. The summed E-state index contributed by atoms with van der Waals surface area (Å²) in [6.45, 7) is 3.62. The van der Waals surface area contributed by atoms with Gasteiger partial charge in [-0.3, -0.25) is 10.1 Å². The highest BCUT2D eigenvalue weighted by Gasteiger charge is 2.18. The van der Waals surface area contributed by atoms with E-state index in [4.69, 9.17) is 4.42 Å². The summed E-state index contributed by atoms with van der Waals surface area (Å²) in [5.41, 5.74) is 2.28. The lowest BCUT2D eigenvalue weighted by atomic mass is 10.3. The molecule has 4 rings (SSSR count). The highest BCUT2D eigenvalue weighted by molar-refractivity contribution is 7.14. The van der Waals surface area contributed by atoms with Crippen LogP contribution in [0.3, 0.4) is 0 Å². The van der Waals surface area contributed by atoms with Crippen LogP contribution in [-0.2, 0) is 0 Å². The van der Waals surface area contributed by atoms with Crippen LogP contribution >= 0.6 is 11.3 Å². The zero-order valence-electron chi connectivity index (χ0n) is 14.1. The van der Waals surface area contributed by atoms with Gasteiger partial charge in [-0.05, 0) is 38.1 Å². The Kier molecular flexibility index (Phi) is 4.10. The summed E-state index contributed by atoms with van der Waals surface area (Å²) in [5.74, 6) is 1.14. The lowest BCUT2D eigenvalue weighted by molar-refractivity contribution is 0.102. The zero-order valence-corrected chi connectivity index (χ0v) is 14.9. The molecule has 0 aliphatic rings. The fraction of sp³-hybridized carbons (Fsp3) is 0.111. The summed E-state index contributed by atoms with van der Waals surface area (Å²) >= 11 is 1.33. The number of benzene rings is 1. The van der Waals surface area contributed by atoms with Gasteiger partial charge in [0.05, 0.1) is 11.4 Å². The fourth-order valence-corrected chi connectivity index (χ4v) is 3.13. The van der Waals surface area contributed by atoms with E-state index in [1.165, 1.54) is 16.1 Å². The maximum Gasteiger partial charge on any atom is 0.279 e. The van der Waals surface area contributed by atoms with Crippen molar-refractivity contribution in [3.63, 3.8) is 0 Å². The Morgan fingerprint density at radius 1 is 1.12 bits per heavy atom. The normalized spacial score (nSPS) is 10.8. The number of carbonyl (C=O) groups excluding carboxylic acids is 1. The van der Waals surface area contributed by atoms with Crippen molar-refractivity contribution in [2.45, 2.75) is 13.8 Å². The molecule has 0 saturated carbocycles. The maximum absolute atomic E-state index is 12.5. The van der Waals surface area contributed by atoms with Gasteiger partial charge in [0, 0.05) is 5.38 Å². The molecule has 4 aromatic rings. The van der Waals surface area contributed by atoms with Gasteiger partial charge in [0.25, 0.3) is 5.91 Å². The Hall–Kier alpha value is -3.26. The van der Waals surface area contributed by atoms with Crippen molar-refractivity contribution >= 4 is 22.4 Å². The standard InChI is InChI=1S/C18H15N5O2S/c1-11-8-9-15(25-11)14-10-26-18(19-14)20-17(24)16-12(2)21-23(22-16)13-6-4-3-5-7-13/h3-10H,1-2H3,(H,19,20,24). The first-order chi connectivity index (χ1) is 12.6. The number of para-hydroxylation sites is 1. The maximum atomic E-state index is 12.5. The average molecular weight is 365 g/mol. The van der Waals surface area contributed by atoms with Gasteiger partial charge < -0.3 is 4.42 Å². The van der Waals surface area contributed by atoms with E-state index in [1.807, 2.05) is 54.8 Å². The summed E-state index contributed by atoms with van der Waals surface area (Å²) < 4.78 is 5.55. The number of furan rings is 1. The molecule has 3 heterocycles. The molecule has 0 bridgehead atoms. The van der Waals surface area contributed by atoms with Gasteiger partial charge in [-0.25, -0.2) is 4.98 Å². The summed E-state index contributed by atoms with van der Waals surface area (Å²) in [7, 11) is 0. The molecule has 0 aliphatic carbocycles. The second kappa shape index (κ2) is 6.57. The topological polar surface area (TPSA) is 85.8 Å². The molecule has 26 heavy (non-hydrogen) atoms. The predicted molar refractivity (Wildman–Crippen MR) is 98.6 cm³/mol. The summed E-state index contributed by atoms with van der Waals surface area (Å²) in [6.07, 6.45) is 0. The molecular formula is C18H15N5O2S. The minimum atomic E-state index is -0.346. The van der Waals surface area contributed by atoms with E-state index < -0.39 is 0 Å². The molecule has 0 saturated heterocycles. The number of amides is 1. The van der Waals surface area contributed by atoms with Crippen molar-refractivity contribution in [1.29, 1.82) is 0 Å². The summed E-state index contributed by atoms with van der Waals surface area (Å²) in [6, 6.07) is 13.2. The van der Waals surface area contributed by atoms with Crippen LogP contribution < -0.4 is 5.32 Å². The number of carbonyl (C=O) groups is 1. The monoisotopic (exact) mass is 365 g/mol. The molecule has 1 aromatic carbocycles. The van der Waals surface area contributed by atoms with Crippen molar-refractivity contribution in [2.24, 2.45) is 0 Å². The zero-order chi connectivity index (χ0) is 18.1. The van der Waals surface area contributed by atoms with Crippen molar-refractivity contribution in [3.05, 3.63) is 65.0 Å². The number of nitrogens with zero attached hydrogens (tertiary/aromatic N) is 4. The SMILES string of the molecule is Cc1ccc(-c2csc(NC(=O)c3nn(-c4ccccc4)nc3C)n2)o1. The van der Waals surface area contributed by atoms with Gasteiger partial charge in [-0.2, -0.15) is 9.90 Å². The van der Waals surface area contributed by atoms with Crippen molar-refractivity contribution < 1.29 is 9.21 Å². The van der Waals surface area contributed by atoms with Crippen molar-refractivity contribution in [1.82, 2.24) is 20.0 Å². The lowest BCUT2D eigenvalue weighted by Crippen LogP contribution is -2.14. The highest BCUT2D eigenvalue weighted by atomic mass is 32.1. The molecular weight excluding hydrogens is 350 g/mol. The van der Waals surface area contributed by atoms with Crippen LogP contribution in [0.4, 0.5) is 5.13 Å². The van der Waals surface area contributed by atoms with Gasteiger partial charge in [0.1, 0.15) is 11.5 Å². The summed E-state index contributed by atoms with van der Waals surface area (Å²) in [5, 5.41) is 13.7. The molecule has 7 nitrogen and oxygen atoms in total. The van der Waals surface area contributed by atoms with E-state index in [0.29, 0.717) is 22.3 Å². The molecule has 3 aromatic heterocycles. The van der Waals surface area contributed by atoms with E-state index in [0.717, 1.165) is 11.4 Å². The van der Waals surface area contributed by atoms with Gasteiger partial charge in [0.15, 0.2) is 16.6 Å². The molecule has 1 N–H and O–H groups in total. The number of rotatable bonds is 4. The molecule has 0 atom stereocenters. The molecule has 1 amide bonds. The number of aryl methyl sites for hydroxylation is 2. The average Bonchev–Trinajstić information content (AvgIpc) is 3.35. The third-order valence-electron chi connectivity index (χ3n) is 3.70. The summed E-state index contributed by atoms with van der Waals surface area (Å²) in [4.78, 5) is 18.4. The number of anilines is 1. The quantitative estimate of drug-likeness (QED) is 0.594. The van der Waals surface area contributed by atoms with E-state index >= 15 is 0 Å². The first-order valence-corrected chi connectivity index (χ1v) is 8.81. The second-order valence-corrected chi connectivity index (χ2v) is 6.52. The van der Waals surface area contributed by atoms with E-state index in [2.05, 4.69) is 20.5 Å². The first kappa shape index (κ1) is 16.2. The molecule has 0 fully saturated rings. The Bertz CT molecular complexity index is 1060. The molecule has 0 aliphatic heterocycles. The second-order valence-electron chi connectivity index (χ2n) is 5.66. The Morgan fingerprint density at radius 2 is 1.92 bits per heavy atom.